The molecule has 1 atom stereocenters. The highest BCUT2D eigenvalue weighted by Gasteiger charge is 2.26. The van der Waals surface area contributed by atoms with Crippen LogP contribution >= 0.6 is 0 Å². The van der Waals surface area contributed by atoms with E-state index < -0.39 is 12.1 Å². The Morgan fingerprint density at radius 3 is 2.52 bits per heavy atom. The number of carbonyl (C=O) groups excluding carboxylic acids is 1. The Balaban J connectivity index is 2.00. The minimum atomic E-state index is -0.923. The molecule has 0 saturated carbocycles. The summed E-state index contributed by atoms with van der Waals surface area (Å²) in [6.07, 6.45) is -0.545. The van der Waals surface area contributed by atoms with Gasteiger partial charge in [0, 0.05) is 18.7 Å². The fourth-order valence-electron chi connectivity index (χ4n) is 2.42. The molecule has 1 heterocycles. The second kappa shape index (κ2) is 7.00. The lowest BCUT2D eigenvalue weighted by atomic mass is 10.1. The molecule has 1 aliphatic rings. The zero-order valence-electron chi connectivity index (χ0n) is 13.7. The molecule has 6 heteroatoms. The molecule has 6 nitrogen and oxygen atoms in total. The standard InChI is InChI=1S/C17H23NO5/c1-17(2,3)23-13-6-4-12(5-7-13)16(21)18-8-9-22-14(11-18)10-15(19)20/h4-7,14H,8-11H2,1-3H3,(H,19,20). The first kappa shape index (κ1) is 17.3. The largest absolute Gasteiger partial charge is 0.488 e. The van der Waals surface area contributed by atoms with E-state index in [1.165, 1.54) is 0 Å². The number of nitrogens with zero attached hydrogens (tertiary/aromatic N) is 1. The quantitative estimate of drug-likeness (QED) is 0.920. The minimum absolute atomic E-state index is 0.0951. The van der Waals surface area contributed by atoms with Crippen LogP contribution in [0.2, 0.25) is 0 Å². The summed E-state index contributed by atoms with van der Waals surface area (Å²) in [5, 5.41) is 8.83. The maximum atomic E-state index is 12.5. The van der Waals surface area contributed by atoms with E-state index in [0.29, 0.717) is 31.0 Å². The molecule has 0 aliphatic carbocycles. The van der Waals surface area contributed by atoms with Crippen LogP contribution in [0.4, 0.5) is 0 Å². The lowest BCUT2D eigenvalue weighted by Gasteiger charge is -2.32. The normalized spacial score (nSPS) is 18.6. The first-order valence-corrected chi connectivity index (χ1v) is 7.66. The van der Waals surface area contributed by atoms with Gasteiger partial charge in [-0.3, -0.25) is 9.59 Å². The monoisotopic (exact) mass is 321 g/mol. The Hall–Kier alpha value is -2.08. The highest BCUT2D eigenvalue weighted by molar-refractivity contribution is 5.94. The molecule has 1 N–H and O–H groups in total. The molecule has 1 saturated heterocycles. The fourth-order valence-corrected chi connectivity index (χ4v) is 2.42. The minimum Gasteiger partial charge on any atom is -0.488 e. The summed E-state index contributed by atoms with van der Waals surface area (Å²) in [6, 6.07) is 7.00. The smallest absolute Gasteiger partial charge is 0.306 e. The third-order valence-electron chi connectivity index (χ3n) is 3.35. The van der Waals surface area contributed by atoms with Crippen LogP contribution in [-0.4, -0.2) is 53.3 Å². The lowest BCUT2D eigenvalue weighted by Crippen LogP contribution is -2.46. The molecule has 1 fully saturated rings. The van der Waals surface area contributed by atoms with E-state index in [9.17, 15) is 9.59 Å². The van der Waals surface area contributed by atoms with Crippen molar-refractivity contribution in [3.63, 3.8) is 0 Å². The Kier molecular flexibility index (Phi) is 5.26. The molecule has 1 amide bonds. The first-order chi connectivity index (χ1) is 10.7. The number of hydrogen-bond acceptors (Lipinski definition) is 4. The SMILES string of the molecule is CC(C)(C)Oc1ccc(C(=O)N2CCOC(CC(=O)O)C2)cc1. The van der Waals surface area contributed by atoms with Gasteiger partial charge in [0.15, 0.2) is 0 Å². The number of benzene rings is 1. The van der Waals surface area contributed by atoms with E-state index in [1.807, 2.05) is 20.8 Å². The summed E-state index contributed by atoms with van der Waals surface area (Å²) >= 11 is 0. The molecular formula is C17H23NO5. The number of carbonyl (C=O) groups is 2. The van der Waals surface area contributed by atoms with E-state index in [1.54, 1.807) is 29.2 Å². The van der Waals surface area contributed by atoms with Crippen LogP contribution in [0.1, 0.15) is 37.6 Å². The van der Waals surface area contributed by atoms with Crippen molar-refractivity contribution in [1.29, 1.82) is 0 Å². The van der Waals surface area contributed by atoms with Crippen molar-refractivity contribution in [2.75, 3.05) is 19.7 Å². The molecule has 2 rings (SSSR count). The lowest BCUT2D eigenvalue weighted by molar-refractivity contribution is -0.141. The van der Waals surface area contributed by atoms with E-state index in [4.69, 9.17) is 14.6 Å². The molecule has 0 aromatic heterocycles. The molecule has 23 heavy (non-hydrogen) atoms. The number of rotatable bonds is 4. The second-order valence-corrected chi connectivity index (χ2v) is 6.58. The molecule has 0 radical (unpaired) electrons. The predicted octanol–water partition coefficient (Wildman–Crippen LogP) is 2.18. The first-order valence-electron chi connectivity index (χ1n) is 7.66. The van der Waals surface area contributed by atoms with Crippen molar-refractivity contribution in [2.24, 2.45) is 0 Å². The Labute approximate surface area is 136 Å². The maximum Gasteiger partial charge on any atom is 0.306 e. The summed E-state index contributed by atoms with van der Waals surface area (Å²) in [5.41, 5.74) is 0.266. The molecule has 126 valence electrons. The molecule has 1 aromatic carbocycles. The Bertz CT molecular complexity index is 561. The van der Waals surface area contributed by atoms with E-state index in [-0.39, 0.29) is 17.9 Å². The zero-order valence-corrected chi connectivity index (χ0v) is 13.7. The van der Waals surface area contributed by atoms with Crippen LogP contribution < -0.4 is 4.74 Å². The van der Waals surface area contributed by atoms with Gasteiger partial charge in [0.05, 0.1) is 19.1 Å². The van der Waals surface area contributed by atoms with Gasteiger partial charge in [-0.15, -0.1) is 0 Å². The van der Waals surface area contributed by atoms with Crippen molar-refractivity contribution >= 4 is 11.9 Å². The summed E-state index contributed by atoms with van der Waals surface area (Å²) in [5.74, 6) is -0.334. The maximum absolute atomic E-state index is 12.5. The van der Waals surface area contributed by atoms with Gasteiger partial charge in [-0.2, -0.15) is 0 Å². The summed E-state index contributed by atoms with van der Waals surface area (Å²) < 4.78 is 11.1. The van der Waals surface area contributed by atoms with Crippen molar-refractivity contribution in [2.45, 2.75) is 38.9 Å². The van der Waals surface area contributed by atoms with Crippen LogP contribution in [0.5, 0.6) is 5.75 Å². The molecule has 1 aromatic rings. The van der Waals surface area contributed by atoms with E-state index >= 15 is 0 Å². The van der Waals surface area contributed by atoms with Crippen LogP contribution in [0.15, 0.2) is 24.3 Å². The highest BCUT2D eigenvalue weighted by Crippen LogP contribution is 2.20. The van der Waals surface area contributed by atoms with Gasteiger partial charge in [0.2, 0.25) is 0 Å². The molecular weight excluding hydrogens is 298 g/mol. The van der Waals surface area contributed by atoms with Gasteiger partial charge < -0.3 is 19.5 Å². The topological polar surface area (TPSA) is 76.1 Å². The number of morpholine rings is 1. The highest BCUT2D eigenvalue weighted by atomic mass is 16.5. The summed E-state index contributed by atoms with van der Waals surface area (Å²) in [4.78, 5) is 24.9. The zero-order chi connectivity index (χ0) is 17.0. The molecule has 0 spiro atoms. The van der Waals surface area contributed by atoms with Gasteiger partial charge in [-0.1, -0.05) is 0 Å². The van der Waals surface area contributed by atoms with E-state index in [2.05, 4.69) is 0 Å². The van der Waals surface area contributed by atoms with Gasteiger partial charge in [-0.25, -0.2) is 0 Å². The molecule has 1 aliphatic heterocycles. The van der Waals surface area contributed by atoms with E-state index in [0.717, 1.165) is 0 Å². The average molecular weight is 321 g/mol. The van der Waals surface area contributed by atoms with Crippen molar-refractivity contribution in [1.82, 2.24) is 4.90 Å². The van der Waals surface area contributed by atoms with Gasteiger partial charge in [0.25, 0.3) is 5.91 Å². The number of ether oxygens (including phenoxy) is 2. The summed E-state index contributed by atoms with van der Waals surface area (Å²) in [7, 11) is 0. The number of carboxylic acids is 1. The predicted molar refractivity (Wildman–Crippen MR) is 84.7 cm³/mol. The van der Waals surface area contributed by atoms with Crippen molar-refractivity contribution in [3.05, 3.63) is 29.8 Å². The third kappa shape index (κ3) is 5.25. The third-order valence-corrected chi connectivity index (χ3v) is 3.35. The van der Waals surface area contributed by atoms with Crippen molar-refractivity contribution in [3.8, 4) is 5.75 Å². The number of carboxylic acid groups (broad SMARTS) is 1. The van der Waals surface area contributed by atoms with Gasteiger partial charge in [-0.05, 0) is 45.0 Å². The average Bonchev–Trinajstić information content (AvgIpc) is 2.45. The van der Waals surface area contributed by atoms with Crippen LogP contribution in [0.25, 0.3) is 0 Å². The number of aliphatic carboxylic acids is 1. The fraction of sp³-hybridized carbons (Fsp3) is 0.529. The van der Waals surface area contributed by atoms with Crippen LogP contribution in [0.3, 0.4) is 0 Å². The summed E-state index contributed by atoms with van der Waals surface area (Å²) in [6.45, 7) is 7.00. The number of amides is 1. The van der Waals surface area contributed by atoms with Crippen LogP contribution in [0, 0.1) is 0 Å². The van der Waals surface area contributed by atoms with Gasteiger partial charge >= 0.3 is 5.97 Å². The van der Waals surface area contributed by atoms with Crippen LogP contribution in [-0.2, 0) is 9.53 Å². The molecule has 0 bridgehead atoms. The Morgan fingerprint density at radius 1 is 1.30 bits per heavy atom. The van der Waals surface area contributed by atoms with Crippen molar-refractivity contribution < 1.29 is 24.2 Å². The second-order valence-electron chi connectivity index (χ2n) is 6.58. The molecule has 1 unspecified atom stereocenters. The number of hydrogen-bond donors (Lipinski definition) is 1. The Morgan fingerprint density at radius 2 is 1.96 bits per heavy atom. The van der Waals surface area contributed by atoms with Gasteiger partial charge in [0.1, 0.15) is 11.4 Å².